The van der Waals surface area contributed by atoms with Crippen LogP contribution in [-0.4, -0.2) is 44.6 Å². The number of carbonyl (C=O) groups excluding carboxylic acids is 2. The highest BCUT2D eigenvalue weighted by Crippen LogP contribution is 2.36. The lowest BCUT2D eigenvalue weighted by molar-refractivity contribution is 0.101. The topological polar surface area (TPSA) is 74.3 Å². The molecule has 0 unspecified atom stereocenters. The summed E-state index contributed by atoms with van der Waals surface area (Å²) in [7, 11) is 4.65. The number of methoxy groups -OCH3 is 1. The van der Waals surface area contributed by atoms with Crippen molar-refractivity contribution in [3.05, 3.63) is 53.3 Å². The molecule has 0 atom stereocenters. The first-order chi connectivity index (χ1) is 13.4. The number of ether oxygens (including phenoxy) is 4. The van der Waals surface area contributed by atoms with E-state index in [2.05, 4.69) is 0 Å². The van der Waals surface area contributed by atoms with Crippen molar-refractivity contribution in [1.29, 1.82) is 0 Å². The minimum absolute atomic E-state index is 0.198. The Kier molecular flexibility index (Phi) is 5.54. The molecule has 7 heteroatoms. The average molecular weight is 383 g/mol. The summed E-state index contributed by atoms with van der Waals surface area (Å²) in [4.78, 5) is 25.6. The van der Waals surface area contributed by atoms with E-state index in [0.29, 0.717) is 35.0 Å². The lowest BCUT2D eigenvalue weighted by atomic mass is 10.1. The molecule has 1 amide bonds. The van der Waals surface area contributed by atoms with Crippen LogP contribution in [0.15, 0.2) is 42.2 Å². The number of fused-ring (bicyclic) bond motifs is 1. The fraction of sp³-hybridized carbons (Fsp3) is 0.238. The van der Waals surface area contributed by atoms with Crippen LogP contribution in [-0.2, 0) is 0 Å². The number of hydrogen-bond acceptors (Lipinski definition) is 6. The molecule has 3 rings (SSSR count). The fourth-order valence-corrected chi connectivity index (χ4v) is 2.62. The SMILES string of the molecule is CCOc1ccc2c(c1)O/C(=C\c1ccc(OC(=O)N(C)C)c(OC)c1)C2=O. The van der Waals surface area contributed by atoms with Crippen LogP contribution in [0.2, 0.25) is 0 Å². The molecule has 0 N–H and O–H groups in total. The molecular weight excluding hydrogens is 362 g/mol. The second kappa shape index (κ2) is 8.04. The standard InChI is InChI=1S/C21H21NO6/c1-5-26-14-7-8-15-17(12-14)27-19(20(15)23)11-13-6-9-16(18(10-13)25-4)28-21(24)22(2)3/h6-12H,5H2,1-4H3/b19-11-. The van der Waals surface area contributed by atoms with Crippen LogP contribution in [0.5, 0.6) is 23.0 Å². The van der Waals surface area contributed by atoms with E-state index in [-0.39, 0.29) is 17.3 Å². The average Bonchev–Trinajstić information content (AvgIpc) is 2.98. The third-order valence-corrected chi connectivity index (χ3v) is 4.00. The van der Waals surface area contributed by atoms with Crippen molar-refractivity contribution in [3.8, 4) is 23.0 Å². The van der Waals surface area contributed by atoms with Crippen LogP contribution in [0.4, 0.5) is 4.79 Å². The van der Waals surface area contributed by atoms with Crippen molar-refractivity contribution in [2.75, 3.05) is 27.8 Å². The molecule has 1 heterocycles. The third-order valence-electron chi connectivity index (χ3n) is 4.00. The van der Waals surface area contributed by atoms with Gasteiger partial charge in [-0.05, 0) is 42.8 Å². The number of rotatable bonds is 5. The van der Waals surface area contributed by atoms with E-state index in [1.165, 1.54) is 12.0 Å². The predicted molar refractivity (Wildman–Crippen MR) is 103 cm³/mol. The first-order valence-corrected chi connectivity index (χ1v) is 8.71. The van der Waals surface area contributed by atoms with Crippen LogP contribution >= 0.6 is 0 Å². The van der Waals surface area contributed by atoms with Crippen LogP contribution in [0.1, 0.15) is 22.8 Å². The van der Waals surface area contributed by atoms with Crippen LogP contribution in [0, 0.1) is 0 Å². The van der Waals surface area contributed by atoms with Crippen molar-refractivity contribution in [2.45, 2.75) is 6.92 Å². The molecule has 28 heavy (non-hydrogen) atoms. The molecule has 2 aromatic rings. The maximum absolute atomic E-state index is 12.6. The summed E-state index contributed by atoms with van der Waals surface area (Å²) in [6.07, 6.45) is 1.10. The highest BCUT2D eigenvalue weighted by molar-refractivity contribution is 6.14. The first-order valence-electron chi connectivity index (χ1n) is 8.71. The van der Waals surface area contributed by atoms with Gasteiger partial charge in [0.05, 0.1) is 19.3 Å². The molecule has 0 fully saturated rings. The Bertz CT molecular complexity index is 948. The maximum Gasteiger partial charge on any atom is 0.414 e. The van der Waals surface area contributed by atoms with Gasteiger partial charge in [0.25, 0.3) is 0 Å². The van der Waals surface area contributed by atoms with Gasteiger partial charge >= 0.3 is 6.09 Å². The molecule has 0 saturated heterocycles. The van der Waals surface area contributed by atoms with Gasteiger partial charge in [-0.2, -0.15) is 0 Å². The molecule has 0 saturated carbocycles. The van der Waals surface area contributed by atoms with Crippen molar-refractivity contribution in [3.63, 3.8) is 0 Å². The summed E-state index contributed by atoms with van der Waals surface area (Å²) in [5.41, 5.74) is 1.15. The third kappa shape index (κ3) is 3.93. The van der Waals surface area contributed by atoms with Gasteiger partial charge in [0.15, 0.2) is 17.3 Å². The summed E-state index contributed by atoms with van der Waals surface area (Å²) in [6, 6.07) is 10.1. The van der Waals surface area contributed by atoms with Gasteiger partial charge in [-0.3, -0.25) is 4.79 Å². The molecule has 146 valence electrons. The number of carbonyl (C=O) groups is 2. The van der Waals surface area contributed by atoms with E-state index in [1.54, 1.807) is 56.6 Å². The van der Waals surface area contributed by atoms with Gasteiger partial charge in [-0.15, -0.1) is 0 Å². The molecule has 1 aliphatic rings. The number of allylic oxidation sites excluding steroid dienone is 1. The van der Waals surface area contributed by atoms with Crippen LogP contribution in [0.25, 0.3) is 6.08 Å². The Morgan fingerprint density at radius 1 is 1.14 bits per heavy atom. The Morgan fingerprint density at radius 2 is 1.93 bits per heavy atom. The van der Waals surface area contributed by atoms with E-state index >= 15 is 0 Å². The largest absolute Gasteiger partial charge is 0.494 e. The van der Waals surface area contributed by atoms with E-state index in [4.69, 9.17) is 18.9 Å². The Morgan fingerprint density at radius 3 is 2.61 bits per heavy atom. The quantitative estimate of drug-likeness (QED) is 0.732. The number of benzene rings is 2. The summed E-state index contributed by atoms with van der Waals surface area (Å²) in [6.45, 7) is 2.41. The summed E-state index contributed by atoms with van der Waals surface area (Å²) >= 11 is 0. The number of nitrogens with zero attached hydrogens (tertiary/aromatic N) is 1. The van der Waals surface area contributed by atoms with Crippen LogP contribution in [0.3, 0.4) is 0 Å². The summed E-state index contributed by atoms with van der Waals surface area (Å²) in [5, 5.41) is 0. The molecule has 0 bridgehead atoms. The van der Waals surface area contributed by atoms with Crippen molar-refractivity contribution < 1.29 is 28.5 Å². The molecule has 0 radical (unpaired) electrons. The van der Waals surface area contributed by atoms with Gasteiger partial charge in [0.1, 0.15) is 11.5 Å². The monoisotopic (exact) mass is 383 g/mol. The van der Waals surface area contributed by atoms with Gasteiger partial charge in [-0.1, -0.05) is 6.07 Å². The number of amides is 1. The molecule has 7 nitrogen and oxygen atoms in total. The zero-order chi connectivity index (χ0) is 20.3. The Labute approximate surface area is 163 Å². The van der Waals surface area contributed by atoms with Gasteiger partial charge in [-0.25, -0.2) is 4.79 Å². The van der Waals surface area contributed by atoms with Gasteiger partial charge in [0, 0.05) is 20.2 Å². The number of Topliss-reactive ketones (excluding diaryl/α,β-unsaturated/α-hetero) is 1. The van der Waals surface area contributed by atoms with E-state index in [1.807, 2.05) is 6.92 Å². The second-order valence-corrected chi connectivity index (χ2v) is 6.20. The van der Waals surface area contributed by atoms with Crippen molar-refractivity contribution in [2.24, 2.45) is 0 Å². The highest BCUT2D eigenvalue weighted by atomic mass is 16.6. The summed E-state index contributed by atoms with van der Waals surface area (Å²) < 4.78 is 21.7. The minimum atomic E-state index is -0.515. The Balaban J connectivity index is 1.85. The molecule has 0 spiro atoms. The lowest BCUT2D eigenvalue weighted by Gasteiger charge is -2.13. The molecule has 1 aliphatic heterocycles. The molecular formula is C21H21NO6. The number of hydrogen-bond donors (Lipinski definition) is 0. The van der Waals surface area contributed by atoms with E-state index < -0.39 is 6.09 Å². The molecule has 0 aromatic heterocycles. The maximum atomic E-state index is 12.6. The van der Waals surface area contributed by atoms with Gasteiger partial charge in [0.2, 0.25) is 5.78 Å². The summed E-state index contributed by atoms with van der Waals surface area (Å²) in [5.74, 6) is 1.75. The minimum Gasteiger partial charge on any atom is -0.494 e. The van der Waals surface area contributed by atoms with Crippen molar-refractivity contribution in [1.82, 2.24) is 4.90 Å². The second-order valence-electron chi connectivity index (χ2n) is 6.20. The zero-order valence-corrected chi connectivity index (χ0v) is 16.1. The lowest BCUT2D eigenvalue weighted by Crippen LogP contribution is -2.25. The van der Waals surface area contributed by atoms with E-state index in [0.717, 1.165) is 0 Å². The van der Waals surface area contributed by atoms with Crippen LogP contribution < -0.4 is 18.9 Å². The smallest absolute Gasteiger partial charge is 0.414 e. The van der Waals surface area contributed by atoms with E-state index in [9.17, 15) is 9.59 Å². The fourth-order valence-electron chi connectivity index (χ4n) is 2.62. The normalized spacial score (nSPS) is 13.7. The highest BCUT2D eigenvalue weighted by Gasteiger charge is 2.27. The number of ketones is 1. The predicted octanol–water partition coefficient (Wildman–Crippen LogP) is 3.77. The molecule has 2 aromatic carbocycles. The van der Waals surface area contributed by atoms with Gasteiger partial charge < -0.3 is 23.8 Å². The molecule has 0 aliphatic carbocycles. The Hall–Kier alpha value is -3.48. The zero-order valence-electron chi connectivity index (χ0n) is 16.1. The van der Waals surface area contributed by atoms with Crippen molar-refractivity contribution >= 4 is 18.0 Å². The first kappa shape index (κ1) is 19.3.